The van der Waals surface area contributed by atoms with Crippen LogP contribution in [0.1, 0.15) is 19.8 Å². The fourth-order valence-corrected chi connectivity index (χ4v) is 2.98. The summed E-state index contributed by atoms with van der Waals surface area (Å²) in [6, 6.07) is 1.21. The van der Waals surface area contributed by atoms with Gasteiger partial charge in [0, 0.05) is 0 Å². The number of primary amides is 1. The molecule has 0 aromatic heterocycles. The fourth-order valence-electron chi connectivity index (χ4n) is 0.994. The molecule has 0 heterocycles. The summed E-state index contributed by atoms with van der Waals surface area (Å²) in [5, 5.41) is 0. The Bertz CT molecular complexity index is 148. The highest BCUT2D eigenvalue weighted by Crippen LogP contribution is 2.13. The minimum Gasteiger partial charge on any atom is -0.453 e. The number of rotatable bonds is 5. The van der Waals surface area contributed by atoms with E-state index in [2.05, 4.69) is 20.0 Å². The molecular formula is C8H19NO2Si. The van der Waals surface area contributed by atoms with Crippen molar-refractivity contribution < 1.29 is 9.53 Å². The number of hydrogen-bond donors (Lipinski definition) is 1. The molecule has 0 saturated carbocycles. The SMILES string of the molecule is CCCC[Si](C)(C)COC(N)=O. The summed E-state index contributed by atoms with van der Waals surface area (Å²) >= 11 is 0. The van der Waals surface area contributed by atoms with E-state index in [1.807, 2.05) is 0 Å². The second-order valence-electron chi connectivity index (χ2n) is 3.88. The molecule has 12 heavy (non-hydrogen) atoms. The molecule has 2 N–H and O–H groups in total. The smallest absolute Gasteiger partial charge is 0.404 e. The van der Waals surface area contributed by atoms with Gasteiger partial charge in [-0.2, -0.15) is 0 Å². The predicted molar refractivity (Wildman–Crippen MR) is 52.7 cm³/mol. The van der Waals surface area contributed by atoms with Crippen LogP contribution in [0.2, 0.25) is 19.1 Å². The maximum Gasteiger partial charge on any atom is 0.404 e. The highest BCUT2D eigenvalue weighted by molar-refractivity contribution is 6.77. The molecule has 0 atom stereocenters. The van der Waals surface area contributed by atoms with Crippen molar-refractivity contribution in [3.8, 4) is 0 Å². The van der Waals surface area contributed by atoms with E-state index in [4.69, 9.17) is 10.5 Å². The maximum atomic E-state index is 10.3. The lowest BCUT2D eigenvalue weighted by atomic mass is 10.4. The van der Waals surface area contributed by atoms with Gasteiger partial charge in [-0.05, 0) is 0 Å². The van der Waals surface area contributed by atoms with Crippen LogP contribution >= 0.6 is 0 Å². The predicted octanol–water partition coefficient (Wildman–Crippen LogP) is 2.13. The molecule has 4 heteroatoms. The first-order valence-electron chi connectivity index (χ1n) is 4.40. The molecule has 0 radical (unpaired) electrons. The summed E-state index contributed by atoms with van der Waals surface area (Å²) in [7, 11) is -1.31. The lowest BCUT2D eigenvalue weighted by Crippen LogP contribution is -2.35. The van der Waals surface area contributed by atoms with Crippen molar-refractivity contribution in [3.63, 3.8) is 0 Å². The Kier molecular flexibility index (Phi) is 4.97. The van der Waals surface area contributed by atoms with Crippen LogP contribution in [0.15, 0.2) is 0 Å². The van der Waals surface area contributed by atoms with Gasteiger partial charge in [0.1, 0.15) is 0 Å². The second kappa shape index (κ2) is 5.19. The van der Waals surface area contributed by atoms with E-state index in [9.17, 15) is 4.79 Å². The lowest BCUT2D eigenvalue weighted by Gasteiger charge is -2.20. The van der Waals surface area contributed by atoms with Crippen molar-refractivity contribution in [2.75, 3.05) is 6.23 Å². The first kappa shape index (κ1) is 11.5. The fraction of sp³-hybridized carbons (Fsp3) is 0.875. The Morgan fingerprint density at radius 1 is 1.50 bits per heavy atom. The average Bonchev–Trinajstić information content (AvgIpc) is 1.98. The van der Waals surface area contributed by atoms with Crippen molar-refractivity contribution in [2.45, 2.75) is 38.9 Å². The lowest BCUT2D eigenvalue weighted by molar-refractivity contribution is 0.173. The van der Waals surface area contributed by atoms with E-state index in [0.29, 0.717) is 6.23 Å². The van der Waals surface area contributed by atoms with Gasteiger partial charge in [-0.25, -0.2) is 4.79 Å². The third-order valence-corrected chi connectivity index (χ3v) is 4.45. The summed E-state index contributed by atoms with van der Waals surface area (Å²) in [5.41, 5.74) is 4.89. The molecule has 0 aliphatic heterocycles. The Labute approximate surface area is 75.3 Å². The molecule has 0 aromatic rings. The molecule has 0 saturated heterocycles. The number of nitrogens with two attached hydrogens (primary N) is 1. The zero-order valence-corrected chi connectivity index (χ0v) is 9.22. The van der Waals surface area contributed by atoms with Crippen LogP contribution < -0.4 is 5.73 Å². The van der Waals surface area contributed by atoms with Gasteiger partial charge in [0.05, 0.1) is 14.3 Å². The Morgan fingerprint density at radius 3 is 2.50 bits per heavy atom. The Morgan fingerprint density at radius 2 is 2.08 bits per heavy atom. The largest absolute Gasteiger partial charge is 0.453 e. The monoisotopic (exact) mass is 189 g/mol. The highest BCUT2D eigenvalue weighted by atomic mass is 28.3. The molecule has 0 rings (SSSR count). The van der Waals surface area contributed by atoms with Crippen LogP contribution in [0, 0.1) is 0 Å². The van der Waals surface area contributed by atoms with Crippen LogP contribution in [0.3, 0.4) is 0 Å². The zero-order valence-electron chi connectivity index (χ0n) is 8.22. The molecule has 1 amide bonds. The number of amides is 1. The van der Waals surface area contributed by atoms with Gasteiger partial charge < -0.3 is 10.5 Å². The standard InChI is InChI=1S/C8H19NO2Si/c1-4-5-6-12(2,3)7-11-8(9)10/h4-7H2,1-3H3,(H2,9,10). The third-order valence-electron chi connectivity index (χ3n) is 1.81. The van der Waals surface area contributed by atoms with Gasteiger partial charge in [0.2, 0.25) is 0 Å². The normalized spacial score (nSPS) is 11.2. The summed E-state index contributed by atoms with van der Waals surface area (Å²) in [4.78, 5) is 10.3. The van der Waals surface area contributed by atoms with Gasteiger partial charge in [-0.3, -0.25) is 0 Å². The van der Waals surface area contributed by atoms with E-state index in [-0.39, 0.29) is 0 Å². The van der Waals surface area contributed by atoms with E-state index < -0.39 is 14.2 Å². The summed E-state index contributed by atoms with van der Waals surface area (Å²) in [6.07, 6.45) is 2.34. The van der Waals surface area contributed by atoms with Crippen molar-refractivity contribution in [1.29, 1.82) is 0 Å². The second-order valence-corrected chi connectivity index (χ2v) is 8.99. The molecule has 0 spiro atoms. The van der Waals surface area contributed by atoms with Crippen molar-refractivity contribution in [1.82, 2.24) is 0 Å². The third kappa shape index (κ3) is 6.21. The van der Waals surface area contributed by atoms with Crippen LogP contribution in [-0.4, -0.2) is 20.4 Å². The minimum atomic E-state index is -1.31. The van der Waals surface area contributed by atoms with Gasteiger partial charge in [-0.15, -0.1) is 0 Å². The number of carbonyl (C=O) groups is 1. The average molecular weight is 189 g/mol. The van der Waals surface area contributed by atoms with Crippen molar-refractivity contribution in [3.05, 3.63) is 0 Å². The molecule has 0 fully saturated rings. The van der Waals surface area contributed by atoms with Gasteiger partial charge in [0.25, 0.3) is 0 Å². The molecule has 0 aliphatic carbocycles. The summed E-state index contributed by atoms with van der Waals surface area (Å²) in [5.74, 6) is 0. The first-order chi connectivity index (χ1) is 5.48. The molecular weight excluding hydrogens is 170 g/mol. The van der Waals surface area contributed by atoms with Crippen molar-refractivity contribution in [2.24, 2.45) is 5.73 Å². The quantitative estimate of drug-likeness (QED) is 0.674. The number of ether oxygens (including phenoxy) is 1. The maximum absolute atomic E-state index is 10.3. The van der Waals surface area contributed by atoms with E-state index in [0.717, 1.165) is 0 Å². The highest BCUT2D eigenvalue weighted by Gasteiger charge is 2.21. The molecule has 0 aliphatic rings. The Hall–Kier alpha value is -0.513. The van der Waals surface area contributed by atoms with E-state index in [1.165, 1.54) is 18.9 Å². The number of unbranched alkanes of at least 4 members (excludes halogenated alkanes) is 1. The van der Waals surface area contributed by atoms with E-state index >= 15 is 0 Å². The number of carbonyl (C=O) groups excluding carboxylic acids is 1. The van der Waals surface area contributed by atoms with Crippen LogP contribution in [-0.2, 0) is 4.74 Å². The van der Waals surface area contributed by atoms with E-state index in [1.54, 1.807) is 0 Å². The first-order valence-corrected chi connectivity index (χ1v) is 7.81. The van der Waals surface area contributed by atoms with Gasteiger partial charge in [0.15, 0.2) is 0 Å². The zero-order chi connectivity index (χ0) is 9.61. The molecule has 3 nitrogen and oxygen atoms in total. The Balaban J connectivity index is 3.63. The van der Waals surface area contributed by atoms with Crippen LogP contribution in [0.25, 0.3) is 0 Å². The summed E-state index contributed by atoms with van der Waals surface area (Å²) < 4.78 is 4.80. The minimum absolute atomic E-state index is 0.558. The molecule has 0 unspecified atom stereocenters. The molecule has 72 valence electrons. The van der Waals surface area contributed by atoms with Crippen LogP contribution in [0.5, 0.6) is 0 Å². The van der Waals surface area contributed by atoms with Crippen LogP contribution in [0.4, 0.5) is 4.79 Å². The number of hydrogen-bond acceptors (Lipinski definition) is 2. The summed E-state index contributed by atoms with van der Waals surface area (Å²) in [6.45, 7) is 6.59. The van der Waals surface area contributed by atoms with Crippen molar-refractivity contribution >= 4 is 14.2 Å². The molecule has 0 bridgehead atoms. The molecule has 0 aromatic carbocycles. The van der Waals surface area contributed by atoms with Gasteiger partial charge in [-0.1, -0.05) is 38.9 Å². The van der Waals surface area contributed by atoms with Gasteiger partial charge >= 0.3 is 6.09 Å². The topological polar surface area (TPSA) is 52.3 Å².